The third-order valence-corrected chi connectivity index (χ3v) is 4.09. The van der Waals surface area contributed by atoms with Gasteiger partial charge < -0.3 is 4.90 Å². The van der Waals surface area contributed by atoms with Gasteiger partial charge in [-0.3, -0.25) is 0 Å². The molecule has 0 N–H and O–H groups in total. The molecular formula is C19H17BF4N6. The van der Waals surface area contributed by atoms with Crippen molar-refractivity contribution >= 4 is 41.6 Å². The van der Waals surface area contributed by atoms with Crippen LogP contribution in [-0.4, -0.2) is 45.4 Å². The van der Waals surface area contributed by atoms with Crippen molar-refractivity contribution < 1.29 is 17.6 Å². The van der Waals surface area contributed by atoms with Crippen LogP contribution in [0, 0.1) is 18.6 Å². The standard InChI is InChI=1S/C17H11BF4N6.C2H6/c1-8-25-26-17-24-16(13-5-11(20)6-23-15(13)28(8)17)27(7-14(21)22)12-3-9(18)2-10(19)4-12;1-2/h2-6,14H,7H2,1H3;1-2H3. The van der Waals surface area contributed by atoms with Crippen LogP contribution in [0.3, 0.4) is 0 Å². The van der Waals surface area contributed by atoms with E-state index in [4.69, 9.17) is 7.85 Å². The number of rotatable bonds is 4. The lowest BCUT2D eigenvalue weighted by Crippen LogP contribution is -2.26. The number of halogens is 4. The molecule has 0 aliphatic rings. The van der Waals surface area contributed by atoms with Crippen molar-refractivity contribution in [3.05, 3.63) is 47.9 Å². The minimum absolute atomic E-state index is 0.0384. The van der Waals surface area contributed by atoms with E-state index in [2.05, 4.69) is 20.2 Å². The molecule has 4 rings (SSSR count). The van der Waals surface area contributed by atoms with Gasteiger partial charge in [0.2, 0.25) is 0 Å². The van der Waals surface area contributed by atoms with Gasteiger partial charge in [-0.1, -0.05) is 19.3 Å². The lowest BCUT2D eigenvalue weighted by molar-refractivity contribution is 0.158. The number of hydrogen-bond acceptors (Lipinski definition) is 5. The third kappa shape index (κ3) is 4.05. The topological polar surface area (TPSA) is 59.2 Å². The van der Waals surface area contributed by atoms with Crippen LogP contribution >= 0.6 is 0 Å². The van der Waals surface area contributed by atoms with Crippen LogP contribution in [0.4, 0.5) is 29.1 Å². The van der Waals surface area contributed by atoms with Crippen molar-refractivity contribution in [2.75, 3.05) is 11.4 Å². The van der Waals surface area contributed by atoms with Crippen LogP contribution < -0.4 is 10.4 Å². The number of fused-ring (bicyclic) bond motifs is 3. The van der Waals surface area contributed by atoms with Gasteiger partial charge in [0.1, 0.15) is 31.1 Å². The molecule has 154 valence electrons. The monoisotopic (exact) mass is 416 g/mol. The molecule has 0 fully saturated rings. The molecule has 0 atom stereocenters. The van der Waals surface area contributed by atoms with E-state index in [9.17, 15) is 17.6 Å². The van der Waals surface area contributed by atoms with Gasteiger partial charge in [-0.25, -0.2) is 26.9 Å². The summed E-state index contributed by atoms with van der Waals surface area (Å²) in [7, 11) is 5.66. The van der Waals surface area contributed by atoms with Crippen molar-refractivity contribution in [1.82, 2.24) is 24.6 Å². The second kappa shape index (κ2) is 8.64. The minimum atomic E-state index is -2.79. The Balaban J connectivity index is 0.00000124. The van der Waals surface area contributed by atoms with Gasteiger partial charge in [0, 0.05) is 5.69 Å². The molecule has 11 heteroatoms. The Labute approximate surface area is 171 Å². The largest absolute Gasteiger partial charge is 0.320 e. The predicted octanol–water partition coefficient (Wildman–Crippen LogP) is 3.48. The van der Waals surface area contributed by atoms with Gasteiger partial charge in [-0.2, -0.15) is 4.98 Å². The number of anilines is 2. The Hall–Kier alpha value is -3.24. The van der Waals surface area contributed by atoms with Crippen LogP contribution in [0.5, 0.6) is 0 Å². The molecule has 0 amide bonds. The molecule has 2 radical (unpaired) electrons. The van der Waals surface area contributed by atoms with E-state index >= 15 is 0 Å². The molecule has 0 saturated heterocycles. The first kappa shape index (κ1) is 21.5. The van der Waals surface area contributed by atoms with Crippen molar-refractivity contribution in [3.63, 3.8) is 0 Å². The summed E-state index contributed by atoms with van der Waals surface area (Å²) in [6.45, 7) is 4.82. The number of benzene rings is 1. The highest BCUT2D eigenvalue weighted by molar-refractivity contribution is 6.32. The summed E-state index contributed by atoms with van der Waals surface area (Å²) in [5.74, 6) is -0.929. The molecular weight excluding hydrogens is 399 g/mol. The number of alkyl halides is 2. The molecule has 1 aromatic carbocycles. The minimum Gasteiger partial charge on any atom is -0.320 e. The Morgan fingerprint density at radius 3 is 2.47 bits per heavy atom. The maximum absolute atomic E-state index is 13.9. The summed E-state index contributed by atoms with van der Waals surface area (Å²) in [6.07, 6.45) is -1.80. The molecule has 0 aliphatic heterocycles. The Kier molecular flexibility index (Phi) is 6.18. The van der Waals surface area contributed by atoms with Crippen molar-refractivity contribution in [3.8, 4) is 0 Å². The summed E-state index contributed by atoms with van der Waals surface area (Å²) in [5, 5.41) is 7.94. The highest BCUT2D eigenvalue weighted by Gasteiger charge is 2.23. The second-order valence-electron chi connectivity index (χ2n) is 6.09. The van der Waals surface area contributed by atoms with Gasteiger partial charge in [-0.05, 0) is 31.2 Å². The fraction of sp³-hybridized carbons (Fsp3) is 0.263. The number of aromatic nitrogens is 5. The first-order valence-electron chi connectivity index (χ1n) is 9.12. The predicted molar refractivity (Wildman–Crippen MR) is 107 cm³/mol. The van der Waals surface area contributed by atoms with E-state index in [1.165, 1.54) is 10.5 Å². The fourth-order valence-corrected chi connectivity index (χ4v) is 3.01. The van der Waals surface area contributed by atoms with Crippen molar-refractivity contribution in [2.45, 2.75) is 27.2 Å². The second-order valence-corrected chi connectivity index (χ2v) is 6.09. The molecule has 3 heterocycles. The van der Waals surface area contributed by atoms with Crippen LogP contribution in [0.25, 0.3) is 16.8 Å². The third-order valence-electron chi connectivity index (χ3n) is 4.09. The molecule has 0 spiro atoms. The first-order chi connectivity index (χ1) is 14.3. The summed E-state index contributed by atoms with van der Waals surface area (Å²) in [5.41, 5.74) is 0.311. The van der Waals surface area contributed by atoms with Gasteiger partial charge in [-0.15, -0.1) is 10.2 Å². The average Bonchev–Trinajstić information content (AvgIpc) is 3.07. The maximum atomic E-state index is 13.9. The highest BCUT2D eigenvalue weighted by Crippen LogP contribution is 2.32. The van der Waals surface area contributed by atoms with E-state index in [0.29, 0.717) is 5.82 Å². The van der Waals surface area contributed by atoms with Crippen molar-refractivity contribution in [2.24, 2.45) is 0 Å². The number of aryl methyl sites for hydroxylation is 1. The molecule has 0 bridgehead atoms. The van der Waals surface area contributed by atoms with Crippen molar-refractivity contribution in [1.29, 1.82) is 0 Å². The van der Waals surface area contributed by atoms with Gasteiger partial charge >= 0.3 is 0 Å². The van der Waals surface area contributed by atoms with E-state index in [-0.39, 0.29) is 33.8 Å². The zero-order valence-electron chi connectivity index (χ0n) is 16.4. The fourth-order valence-electron chi connectivity index (χ4n) is 3.01. The number of pyridine rings is 1. The summed E-state index contributed by atoms with van der Waals surface area (Å²) >= 11 is 0. The normalized spacial score (nSPS) is 11.1. The maximum Gasteiger partial charge on any atom is 0.258 e. The zero-order valence-corrected chi connectivity index (χ0v) is 16.4. The Morgan fingerprint density at radius 1 is 1.07 bits per heavy atom. The summed E-state index contributed by atoms with van der Waals surface area (Å²) in [6, 6.07) is 4.54. The molecule has 6 nitrogen and oxygen atoms in total. The molecule has 0 saturated carbocycles. The molecule has 0 unspecified atom stereocenters. The van der Waals surface area contributed by atoms with Gasteiger partial charge in [0.25, 0.3) is 12.2 Å². The van der Waals surface area contributed by atoms with Crippen LogP contribution in [0.2, 0.25) is 0 Å². The molecule has 3 aromatic heterocycles. The molecule has 4 aromatic rings. The van der Waals surface area contributed by atoms with Gasteiger partial charge in [0.15, 0.2) is 5.65 Å². The number of hydrogen-bond donors (Lipinski definition) is 0. The Morgan fingerprint density at radius 2 is 1.80 bits per heavy atom. The van der Waals surface area contributed by atoms with E-state index < -0.39 is 24.6 Å². The first-order valence-corrected chi connectivity index (χ1v) is 9.12. The average molecular weight is 416 g/mol. The smallest absolute Gasteiger partial charge is 0.258 e. The SMILES string of the molecule is CC.[B]c1cc(F)cc(N(CC(F)F)c2nc3nnc(C)n3c3ncc(F)cc23)c1. The van der Waals surface area contributed by atoms with Crippen LogP contribution in [0.15, 0.2) is 30.5 Å². The summed E-state index contributed by atoms with van der Waals surface area (Å²) in [4.78, 5) is 9.37. The lowest BCUT2D eigenvalue weighted by atomic mass is 9.95. The molecule has 30 heavy (non-hydrogen) atoms. The van der Waals surface area contributed by atoms with E-state index in [1.807, 2.05) is 13.8 Å². The summed E-state index contributed by atoms with van der Waals surface area (Å²) < 4.78 is 55.9. The van der Waals surface area contributed by atoms with Crippen LogP contribution in [-0.2, 0) is 0 Å². The highest BCUT2D eigenvalue weighted by atomic mass is 19.3. The lowest BCUT2D eigenvalue weighted by Gasteiger charge is -2.25. The van der Waals surface area contributed by atoms with E-state index in [1.54, 1.807) is 6.92 Å². The molecule has 0 aliphatic carbocycles. The van der Waals surface area contributed by atoms with Gasteiger partial charge in [0.05, 0.1) is 18.1 Å². The van der Waals surface area contributed by atoms with Crippen LogP contribution in [0.1, 0.15) is 19.7 Å². The Bertz CT molecular complexity index is 1180. The van der Waals surface area contributed by atoms with E-state index in [0.717, 1.165) is 29.3 Å². The quantitative estimate of drug-likeness (QED) is 0.377. The zero-order chi connectivity index (χ0) is 22.0. The number of nitrogens with zero attached hydrogens (tertiary/aromatic N) is 6.